The van der Waals surface area contributed by atoms with E-state index in [9.17, 15) is 27.6 Å². The molecule has 57 heavy (non-hydrogen) atoms. The van der Waals surface area contributed by atoms with Crippen LogP contribution in [0.3, 0.4) is 0 Å². The van der Waals surface area contributed by atoms with Gasteiger partial charge in [0.1, 0.15) is 23.8 Å². The summed E-state index contributed by atoms with van der Waals surface area (Å²) in [5.41, 5.74) is -1.16. The average molecular weight is 801 g/mol. The van der Waals surface area contributed by atoms with Gasteiger partial charge >= 0.3 is 6.09 Å². The summed E-state index contributed by atoms with van der Waals surface area (Å²) in [5.74, 6) is -1.39. The Morgan fingerprint density at radius 1 is 0.947 bits per heavy atom. The molecule has 15 heteroatoms. The molecule has 0 bridgehead atoms. The molecule has 3 N–H and O–H groups in total. The molecule has 4 amide bonds. The molecule has 3 aliphatic rings. The van der Waals surface area contributed by atoms with Crippen LogP contribution >= 0.6 is 0 Å². The third-order valence-corrected chi connectivity index (χ3v) is 12.3. The molecule has 3 aromatic rings. The molecular weight excluding hydrogens is 749 g/mol. The van der Waals surface area contributed by atoms with Crippen molar-refractivity contribution >= 4 is 44.7 Å². The number of nitrogens with zero attached hydrogens (tertiary/aromatic N) is 3. The van der Waals surface area contributed by atoms with E-state index in [1.165, 1.54) is 4.90 Å². The second kappa shape index (κ2) is 15.6. The number of carbonyl (C=O) groups is 4. The Bertz CT molecular complexity index is 2190. The van der Waals surface area contributed by atoms with Crippen molar-refractivity contribution < 1.29 is 37.1 Å². The number of sulfonamides is 1. The minimum atomic E-state index is -3.90. The highest BCUT2D eigenvalue weighted by Crippen LogP contribution is 2.51. The quantitative estimate of drug-likeness (QED) is 0.153. The van der Waals surface area contributed by atoms with Crippen molar-refractivity contribution in [1.82, 2.24) is 30.2 Å². The van der Waals surface area contributed by atoms with Crippen LogP contribution in [0, 0.1) is 10.8 Å². The van der Waals surface area contributed by atoms with Crippen LogP contribution in [0.1, 0.15) is 73.6 Å². The summed E-state index contributed by atoms with van der Waals surface area (Å²) in [4.78, 5) is 66.7. The molecule has 2 aromatic carbocycles. The molecule has 2 aliphatic carbocycles. The lowest BCUT2D eigenvalue weighted by Gasteiger charge is -2.36. The molecule has 0 radical (unpaired) electrons. The molecule has 0 spiro atoms. The summed E-state index contributed by atoms with van der Waals surface area (Å²) in [7, 11) is -3.90. The van der Waals surface area contributed by atoms with Gasteiger partial charge in [-0.15, -0.1) is 6.58 Å². The molecule has 3 fully saturated rings. The fourth-order valence-corrected chi connectivity index (χ4v) is 8.30. The molecule has 2 heterocycles. The van der Waals surface area contributed by atoms with Gasteiger partial charge in [0, 0.05) is 23.0 Å². The third-order valence-electron chi connectivity index (χ3n) is 10.4. The molecule has 4 atom stereocenters. The van der Waals surface area contributed by atoms with Gasteiger partial charge in [0.15, 0.2) is 5.82 Å². The average Bonchev–Trinajstić information content (AvgIpc) is 4.09. The van der Waals surface area contributed by atoms with E-state index in [0.717, 1.165) is 5.56 Å². The Labute approximate surface area is 333 Å². The van der Waals surface area contributed by atoms with Crippen LogP contribution in [0.2, 0.25) is 0 Å². The van der Waals surface area contributed by atoms with Crippen molar-refractivity contribution in [2.75, 3.05) is 6.54 Å². The fourth-order valence-electron chi connectivity index (χ4n) is 6.99. The van der Waals surface area contributed by atoms with Gasteiger partial charge < -0.3 is 25.0 Å². The van der Waals surface area contributed by atoms with Crippen molar-refractivity contribution in [3.63, 3.8) is 0 Å². The maximum atomic E-state index is 14.7. The molecule has 2 unspecified atom stereocenters. The van der Waals surface area contributed by atoms with Crippen molar-refractivity contribution in [1.29, 1.82) is 0 Å². The predicted octanol–water partition coefficient (Wildman–Crippen LogP) is 5.20. The van der Waals surface area contributed by atoms with E-state index in [2.05, 4.69) is 28.5 Å². The lowest BCUT2D eigenvalue weighted by atomic mass is 9.85. The summed E-state index contributed by atoms with van der Waals surface area (Å²) in [6, 6.07) is 13.5. The first kappa shape index (κ1) is 41.3. The van der Waals surface area contributed by atoms with Crippen molar-refractivity contribution in [2.45, 2.75) is 109 Å². The zero-order chi connectivity index (χ0) is 41.5. The van der Waals surface area contributed by atoms with Gasteiger partial charge in [-0.2, -0.15) is 4.98 Å². The van der Waals surface area contributed by atoms with Gasteiger partial charge in [0.25, 0.3) is 5.91 Å². The molecule has 6 rings (SSSR count). The van der Waals surface area contributed by atoms with Crippen LogP contribution in [0.25, 0.3) is 22.3 Å². The molecule has 14 nitrogen and oxygen atoms in total. The second-order valence-corrected chi connectivity index (χ2v) is 19.2. The molecule has 1 aromatic heterocycles. The van der Waals surface area contributed by atoms with Crippen LogP contribution in [0.15, 0.2) is 79.4 Å². The summed E-state index contributed by atoms with van der Waals surface area (Å²) in [6.07, 6.45) is 2.15. The molecule has 1 saturated heterocycles. The van der Waals surface area contributed by atoms with E-state index in [0.29, 0.717) is 42.4 Å². The highest BCUT2D eigenvalue weighted by molar-refractivity contribution is 7.91. The second-order valence-electron chi connectivity index (χ2n) is 17.2. The van der Waals surface area contributed by atoms with Crippen LogP contribution in [-0.4, -0.2) is 88.7 Å². The smallest absolute Gasteiger partial charge is 0.408 e. The Hall–Kier alpha value is -5.31. The number of ether oxygens (including phenoxy) is 2. The zero-order valence-electron chi connectivity index (χ0n) is 33.3. The highest BCUT2D eigenvalue weighted by Gasteiger charge is 2.53. The number of benzene rings is 2. The lowest BCUT2D eigenvalue weighted by molar-refractivity contribution is -0.142. The van der Waals surface area contributed by atoms with Crippen LogP contribution in [0.4, 0.5) is 4.79 Å². The van der Waals surface area contributed by atoms with Crippen LogP contribution in [-0.2, 0) is 29.1 Å². The number of carbonyl (C=O) groups excluding carboxylic acids is 4. The number of alkyl carbamates (subject to hydrolysis) is 1. The standard InChI is InChI=1S/C42H52N6O8S/c1-9-42(21-22-42)32(25(2)35(49)47-57(53,54)28-19-20-28)44-36(50)31-23-27(24-48(31)38(51)33(40(3,4)5)45-39(52)56-41(6,7)8)55-37-29-17-13-14-18-30(29)43-34(46-37)26-15-11-10-12-16-26/h9-18,27-28,31-33H,1-2,19-24H2,3-8H3,(H,44,50)(H,45,52)(H,47,49)/t27-,31?,32?,33-/m1/s1. The summed E-state index contributed by atoms with van der Waals surface area (Å²) in [5, 5.41) is 5.67. The van der Waals surface area contributed by atoms with Gasteiger partial charge in [0.05, 0.1) is 28.7 Å². The Morgan fingerprint density at radius 2 is 1.60 bits per heavy atom. The van der Waals surface area contributed by atoms with Gasteiger partial charge in [0.2, 0.25) is 27.7 Å². The van der Waals surface area contributed by atoms with E-state index < -0.39 is 79.7 Å². The number of nitrogens with one attached hydrogen (secondary N) is 3. The van der Waals surface area contributed by atoms with Crippen molar-refractivity contribution in [2.24, 2.45) is 10.8 Å². The Kier molecular flexibility index (Phi) is 11.3. The normalized spacial score (nSPS) is 20.1. The van der Waals surface area contributed by atoms with Gasteiger partial charge in [-0.25, -0.2) is 22.9 Å². The number of hydrogen-bond acceptors (Lipinski definition) is 10. The monoisotopic (exact) mass is 800 g/mol. The van der Waals surface area contributed by atoms with Crippen LogP contribution in [0.5, 0.6) is 5.88 Å². The van der Waals surface area contributed by atoms with E-state index in [1.54, 1.807) is 47.6 Å². The highest BCUT2D eigenvalue weighted by atomic mass is 32.2. The summed E-state index contributed by atoms with van der Waals surface area (Å²) < 4.78 is 39.6. The summed E-state index contributed by atoms with van der Waals surface area (Å²) in [6.45, 7) is 18.3. The van der Waals surface area contributed by atoms with E-state index >= 15 is 0 Å². The minimum Gasteiger partial charge on any atom is -0.472 e. The molecule has 2 saturated carbocycles. The van der Waals surface area contributed by atoms with E-state index in [-0.39, 0.29) is 24.4 Å². The number of likely N-dealkylation sites (tertiary alicyclic amines) is 1. The summed E-state index contributed by atoms with van der Waals surface area (Å²) >= 11 is 0. The maximum Gasteiger partial charge on any atom is 0.408 e. The first-order valence-electron chi connectivity index (χ1n) is 19.2. The lowest BCUT2D eigenvalue weighted by Crippen LogP contribution is -2.59. The number of hydrogen-bond donors (Lipinski definition) is 3. The van der Waals surface area contributed by atoms with Gasteiger partial charge in [-0.05, 0) is 64.0 Å². The first-order chi connectivity index (χ1) is 26.7. The zero-order valence-corrected chi connectivity index (χ0v) is 34.1. The largest absolute Gasteiger partial charge is 0.472 e. The third kappa shape index (κ3) is 9.46. The number of amides is 4. The van der Waals surface area contributed by atoms with Crippen molar-refractivity contribution in [3.05, 3.63) is 79.4 Å². The Balaban J connectivity index is 1.33. The fraction of sp³-hybridized carbons (Fsp3) is 0.476. The number of aromatic nitrogens is 2. The van der Waals surface area contributed by atoms with Gasteiger partial charge in [-0.3, -0.25) is 14.4 Å². The van der Waals surface area contributed by atoms with E-state index in [4.69, 9.17) is 19.4 Å². The Morgan fingerprint density at radius 3 is 2.19 bits per heavy atom. The first-order valence-corrected chi connectivity index (χ1v) is 20.7. The van der Waals surface area contributed by atoms with Crippen LogP contribution < -0.4 is 20.1 Å². The number of para-hydroxylation sites is 1. The van der Waals surface area contributed by atoms with Crippen molar-refractivity contribution in [3.8, 4) is 17.3 Å². The maximum absolute atomic E-state index is 14.7. The number of rotatable bonds is 13. The number of fused-ring (bicyclic) bond motifs is 1. The SMILES string of the molecule is C=CC1(C(NC(=O)C2C[C@@H](Oc3nc(-c4ccccc4)nc4ccccc34)CN2C(=O)[C@@H](NC(=O)OC(C)(C)C)C(C)(C)C)C(=C)C(=O)NS(=O)(=O)C2CC2)CC1. The molecule has 1 aliphatic heterocycles. The van der Waals surface area contributed by atoms with E-state index in [1.807, 2.05) is 54.6 Å². The van der Waals surface area contributed by atoms with Gasteiger partial charge in [-0.1, -0.05) is 75.9 Å². The minimum absolute atomic E-state index is 0.0163. The predicted molar refractivity (Wildman–Crippen MR) is 215 cm³/mol. The topological polar surface area (TPSA) is 186 Å². The molecular formula is C42H52N6O8S. The molecule has 304 valence electrons.